The van der Waals surface area contributed by atoms with Gasteiger partial charge in [0.1, 0.15) is 5.82 Å². The summed E-state index contributed by atoms with van der Waals surface area (Å²) in [4.78, 5) is 41.3. The van der Waals surface area contributed by atoms with Gasteiger partial charge in [0, 0.05) is 11.8 Å². The highest BCUT2D eigenvalue weighted by atomic mass is 32.1. The molecule has 0 aliphatic carbocycles. The number of hydrogen-bond donors (Lipinski definition) is 2. The van der Waals surface area contributed by atoms with Gasteiger partial charge in [0.25, 0.3) is 11.5 Å². The summed E-state index contributed by atoms with van der Waals surface area (Å²) in [5, 5.41) is 7.50. The molecule has 10 nitrogen and oxygen atoms in total. The van der Waals surface area contributed by atoms with Crippen molar-refractivity contribution >= 4 is 39.6 Å². The summed E-state index contributed by atoms with van der Waals surface area (Å²) in [5.74, 6) is 6.07. The monoisotopic (exact) mass is 532 g/mol. The number of para-hydroxylation sites is 1. The minimum absolute atomic E-state index is 0.0504. The van der Waals surface area contributed by atoms with E-state index in [1.165, 1.54) is 20.4 Å². The molecule has 6 rings (SSSR count). The highest BCUT2D eigenvalue weighted by Crippen LogP contribution is 2.21. The third kappa shape index (κ3) is 4.39. The van der Waals surface area contributed by atoms with Crippen molar-refractivity contribution in [2.75, 3.05) is 5.73 Å². The van der Waals surface area contributed by atoms with Crippen LogP contribution in [-0.2, 0) is 0 Å². The van der Waals surface area contributed by atoms with Crippen LogP contribution < -0.4 is 16.6 Å². The number of nitrogens with zero attached hydrogens (tertiary/aromatic N) is 6. The molecule has 1 atom stereocenters. The highest BCUT2D eigenvalue weighted by Gasteiger charge is 2.24. The lowest BCUT2D eigenvalue weighted by Gasteiger charge is -2.20. The van der Waals surface area contributed by atoms with Crippen LogP contribution in [0.1, 0.15) is 39.7 Å². The number of benzene rings is 2. The summed E-state index contributed by atoms with van der Waals surface area (Å²) >= 11 is 1.42. The van der Waals surface area contributed by atoms with Crippen molar-refractivity contribution in [3.05, 3.63) is 111 Å². The van der Waals surface area contributed by atoms with Crippen LogP contribution >= 0.6 is 11.3 Å². The van der Waals surface area contributed by atoms with Gasteiger partial charge in [0.2, 0.25) is 0 Å². The van der Waals surface area contributed by atoms with Gasteiger partial charge in [-0.1, -0.05) is 30.2 Å². The van der Waals surface area contributed by atoms with Crippen LogP contribution in [0.2, 0.25) is 0 Å². The van der Waals surface area contributed by atoms with Crippen LogP contribution in [0.25, 0.3) is 22.2 Å². The van der Waals surface area contributed by atoms with E-state index in [1.807, 2.05) is 30.3 Å². The zero-order valence-electron chi connectivity index (χ0n) is 20.6. The van der Waals surface area contributed by atoms with Gasteiger partial charge >= 0.3 is 0 Å². The quantitative estimate of drug-likeness (QED) is 0.333. The van der Waals surface area contributed by atoms with E-state index in [0.717, 1.165) is 4.88 Å². The Bertz CT molecular complexity index is 1970. The molecule has 0 saturated carbocycles. The van der Waals surface area contributed by atoms with Crippen LogP contribution in [0.3, 0.4) is 0 Å². The average molecular weight is 533 g/mol. The Hall–Kier alpha value is -5.34. The SMILES string of the molecule is CC(NC(=O)c1c(N)nc2cccnn12)c1nc2cccc(C#Cc3cncs3)c2c(=O)n1-c1ccccc1. The molecule has 39 heavy (non-hydrogen) atoms. The Morgan fingerprint density at radius 1 is 1.05 bits per heavy atom. The van der Waals surface area contributed by atoms with Gasteiger partial charge in [-0.3, -0.25) is 19.1 Å². The molecule has 1 unspecified atom stereocenters. The number of carbonyl (C=O) groups excluding carboxylic acids is 1. The van der Waals surface area contributed by atoms with Crippen molar-refractivity contribution in [2.24, 2.45) is 0 Å². The van der Waals surface area contributed by atoms with E-state index in [0.29, 0.717) is 33.6 Å². The molecular formula is C28H20N8O2S. The molecule has 0 spiro atoms. The predicted molar refractivity (Wildman–Crippen MR) is 149 cm³/mol. The lowest BCUT2D eigenvalue weighted by Crippen LogP contribution is -2.34. The fourth-order valence-electron chi connectivity index (χ4n) is 4.32. The number of aromatic nitrogens is 6. The molecule has 0 aliphatic heterocycles. The Morgan fingerprint density at radius 2 is 1.90 bits per heavy atom. The van der Waals surface area contributed by atoms with Crippen LogP contribution in [0.15, 0.2) is 83.4 Å². The molecule has 2 aromatic carbocycles. The molecule has 11 heteroatoms. The van der Waals surface area contributed by atoms with E-state index < -0.39 is 11.9 Å². The third-order valence-electron chi connectivity index (χ3n) is 6.06. The number of nitrogen functional groups attached to an aromatic ring is 1. The van der Waals surface area contributed by atoms with Crippen molar-refractivity contribution in [3.63, 3.8) is 0 Å². The average Bonchev–Trinajstić information content (AvgIpc) is 3.59. The summed E-state index contributed by atoms with van der Waals surface area (Å²) < 4.78 is 2.88. The first-order chi connectivity index (χ1) is 19.0. The van der Waals surface area contributed by atoms with Crippen molar-refractivity contribution in [3.8, 4) is 17.5 Å². The highest BCUT2D eigenvalue weighted by molar-refractivity contribution is 7.10. The van der Waals surface area contributed by atoms with Gasteiger partial charge in [-0.2, -0.15) is 5.10 Å². The molecule has 3 N–H and O–H groups in total. The molecule has 0 saturated heterocycles. The van der Waals surface area contributed by atoms with E-state index in [4.69, 9.17) is 10.7 Å². The summed E-state index contributed by atoms with van der Waals surface area (Å²) in [5.41, 5.74) is 9.63. The van der Waals surface area contributed by atoms with Gasteiger partial charge < -0.3 is 11.1 Å². The number of hydrogen-bond acceptors (Lipinski definition) is 8. The topological polar surface area (TPSA) is 133 Å². The van der Waals surface area contributed by atoms with E-state index in [-0.39, 0.29) is 17.1 Å². The van der Waals surface area contributed by atoms with Crippen molar-refractivity contribution in [2.45, 2.75) is 13.0 Å². The lowest BCUT2D eigenvalue weighted by atomic mass is 10.1. The molecule has 6 aromatic rings. The van der Waals surface area contributed by atoms with Crippen LogP contribution in [-0.4, -0.2) is 35.0 Å². The number of anilines is 1. The molecule has 0 radical (unpaired) electrons. The first kappa shape index (κ1) is 24.0. The maximum atomic E-state index is 14.1. The lowest BCUT2D eigenvalue weighted by molar-refractivity contribution is 0.0931. The number of amides is 1. The number of nitrogens with one attached hydrogen (secondary N) is 1. The van der Waals surface area contributed by atoms with Gasteiger partial charge in [0.05, 0.1) is 39.2 Å². The fourth-order valence-corrected chi connectivity index (χ4v) is 4.79. The van der Waals surface area contributed by atoms with E-state index in [2.05, 4.69) is 32.2 Å². The molecule has 1 amide bonds. The smallest absolute Gasteiger partial charge is 0.274 e. The maximum absolute atomic E-state index is 14.1. The second-order valence-corrected chi connectivity index (χ2v) is 9.48. The molecule has 4 heterocycles. The molecule has 0 fully saturated rings. The minimum atomic E-state index is -0.685. The van der Waals surface area contributed by atoms with E-state index >= 15 is 0 Å². The number of fused-ring (bicyclic) bond motifs is 2. The normalized spacial score (nSPS) is 11.7. The molecule has 190 valence electrons. The Balaban J connectivity index is 1.48. The summed E-state index contributed by atoms with van der Waals surface area (Å²) in [6, 6.07) is 17.2. The Morgan fingerprint density at radius 3 is 2.69 bits per heavy atom. The maximum Gasteiger partial charge on any atom is 0.274 e. The number of carbonyl (C=O) groups is 1. The summed E-state index contributed by atoms with van der Waals surface area (Å²) in [6.07, 6.45) is 3.22. The van der Waals surface area contributed by atoms with Crippen LogP contribution in [0, 0.1) is 11.8 Å². The van der Waals surface area contributed by atoms with Gasteiger partial charge in [-0.25, -0.2) is 14.5 Å². The molecule has 0 aliphatic rings. The van der Waals surface area contributed by atoms with Gasteiger partial charge in [-0.15, -0.1) is 11.3 Å². The third-order valence-corrected chi connectivity index (χ3v) is 6.75. The molecule has 4 aromatic heterocycles. The molecule has 0 bridgehead atoms. The van der Waals surface area contributed by atoms with Gasteiger partial charge in [0.15, 0.2) is 17.2 Å². The van der Waals surface area contributed by atoms with Crippen molar-refractivity contribution < 1.29 is 4.79 Å². The predicted octanol–water partition coefficient (Wildman–Crippen LogP) is 3.36. The first-order valence-corrected chi connectivity index (χ1v) is 12.8. The zero-order valence-corrected chi connectivity index (χ0v) is 21.4. The van der Waals surface area contributed by atoms with Crippen molar-refractivity contribution in [1.29, 1.82) is 0 Å². The number of thiazole rings is 1. The van der Waals surface area contributed by atoms with Crippen LogP contribution in [0.5, 0.6) is 0 Å². The number of imidazole rings is 1. The summed E-state index contributed by atoms with van der Waals surface area (Å²) in [6.45, 7) is 1.76. The van der Waals surface area contributed by atoms with Gasteiger partial charge in [-0.05, 0) is 49.2 Å². The summed E-state index contributed by atoms with van der Waals surface area (Å²) in [7, 11) is 0. The Kier molecular flexibility index (Phi) is 6.07. The Labute approximate surface area is 225 Å². The first-order valence-electron chi connectivity index (χ1n) is 11.9. The van der Waals surface area contributed by atoms with E-state index in [9.17, 15) is 9.59 Å². The van der Waals surface area contributed by atoms with Crippen molar-refractivity contribution in [1.82, 2.24) is 34.4 Å². The minimum Gasteiger partial charge on any atom is -0.382 e. The van der Waals surface area contributed by atoms with Crippen LogP contribution in [0.4, 0.5) is 5.82 Å². The van der Waals surface area contributed by atoms with E-state index in [1.54, 1.807) is 55.2 Å². The largest absolute Gasteiger partial charge is 0.382 e. The zero-order chi connectivity index (χ0) is 26.9. The molecular weight excluding hydrogens is 512 g/mol. The fraction of sp³-hybridized carbons (Fsp3) is 0.0714. The second kappa shape index (κ2) is 9.85. The standard InChI is InChI=1S/C28H20N8O2S/c1-17(32-27(37)24-25(29)34-22-11-6-14-31-36(22)24)26-33-21-10-5-7-18(12-13-20-15-30-16-39-20)23(21)28(38)35(26)19-8-3-2-4-9-19/h2-11,14-17H,29H2,1H3,(H,32,37). The number of rotatable bonds is 4. The second-order valence-electron chi connectivity index (χ2n) is 8.60. The number of nitrogens with two attached hydrogens (primary N) is 1.